The summed E-state index contributed by atoms with van der Waals surface area (Å²) in [5.41, 5.74) is -1.18. The number of allylic oxidation sites excluding steroid dienone is 2. The first-order chi connectivity index (χ1) is 21.3. The van der Waals surface area contributed by atoms with Gasteiger partial charge in [0, 0.05) is 12.8 Å². The van der Waals surface area contributed by atoms with Crippen molar-refractivity contribution < 1.29 is 38.1 Å². The van der Waals surface area contributed by atoms with E-state index in [0.717, 1.165) is 19.3 Å². The number of aromatic nitrogens is 2. The zero-order chi connectivity index (χ0) is 32.5. The number of alkyl carbamates (subject to hydrolysis) is 1. The number of amides is 2. The maximum Gasteiger partial charge on any atom is 0.408 e. The van der Waals surface area contributed by atoms with E-state index in [-0.39, 0.29) is 42.5 Å². The number of nitrogens with zero attached hydrogens (tertiary/aromatic N) is 3. The molecule has 5 rings (SSSR count). The number of carbonyl (C=O) groups excluding carboxylic acids is 3. The van der Waals surface area contributed by atoms with E-state index >= 15 is 0 Å². The van der Waals surface area contributed by atoms with Crippen molar-refractivity contribution in [2.45, 2.75) is 103 Å². The molecule has 2 fully saturated rings. The minimum atomic E-state index is -1.21. The van der Waals surface area contributed by atoms with Crippen molar-refractivity contribution in [3.05, 3.63) is 41.9 Å². The molecule has 1 saturated carbocycles. The quantitative estimate of drug-likeness (QED) is 0.454. The average molecular weight is 625 g/mol. The molecule has 0 radical (unpaired) electrons. The second kappa shape index (κ2) is 12.7. The summed E-state index contributed by atoms with van der Waals surface area (Å²) in [4.78, 5) is 63.4. The van der Waals surface area contributed by atoms with Gasteiger partial charge in [-0.2, -0.15) is 0 Å². The minimum Gasteiger partial charge on any atom is -0.481 e. The molecule has 0 spiro atoms. The van der Waals surface area contributed by atoms with Crippen LogP contribution in [0, 0.1) is 24.1 Å². The van der Waals surface area contributed by atoms with Gasteiger partial charge in [0.1, 0.15) is 29.0 Å². The van der Waals surface area contributed by atoms with E-state index in [1.807, 2.05) is 12.2 Å². The Morgan fingerprint density at radius 2 is 1.93 bits per heavy atom. The second-order valence-electron chi connectivity index (χ2n) is 13.4. The molecule has 2 aromatic rings. The van der Waals surface area contributed by atoms with Gasteiger partial charge in [-0.05, 0) is 71.4 Å². The molecular formula is C33H41FN4O7. The van der Waals surface area contributed by atoms with Crippen LogP contribution in [-0.4, -0.2) is 74.1 Å². The van der Waals surface area contributed by atoms with E-state index in [0.29, 0.717) is 30.5 Å². The summed E-state index contributed by atoms with van der Waals surface area (Å²) in [5.74, 6) is -2.62. The highest BCUT2D eigenvalue weighted by Crippen LogP contribution is 2.57. The van der Waals surface area contributed by atoms with Crippen LogP contribution in [0.25, 0.3) is 11.0 Å². The zero-order valence-corrected chi connectivity index (χ0v) is 26.2. The molecule has 3 aliphatic rings. The first kappa shape index (κ1) is 32.3. The lowest BCUT2D eigenvalue weighted by atomic mass is 9.92. The van der Waals surface area contributed by atoms with Crippen LogP contribution in [-0.2, 0) is 19.1 Å². The number of ether oxygens (including phenoxy) is 2. The number of fused-ring (bicyclic) bond motifs is 3. The highest BCUT2D eigenvalue weighted by atomic mass is 19.1. The Kier molecular flexibility index (Phi) is 9.14. The van der Waals surface area contributed by atoms with Crippen molar-refractivity contribution in [2.75, 3.05) is 6.54 Å². The molecule has 1 aromatic carbocycles. The first-order valence-corrected chi connectivity index (χ1v) is 15.6. The van der Waals surface area contributed by atoms with Crippen molar-refractivity contribution in [3.8, 4) is 5.88 Å². The lowest BCUT2D eigenvalue weighted by Crippen LogP contribution is -2.52. The third kappa shape index (κ3) is 7.26. The highest BCUT2D eigenvalue weighted by molar-refractivity contribution is 5.96. The number of halogens is 1. The van der Waals surface area contributed by atoms with Crippen LogP contribution in [0.15, 0.2) is 30.4 Å². The Morgan fingerprint density at radius 3 is 2.67 bits per heavy atom. The van der Waals surface area contributed by atoms with Crippen LogP contribution in [0.4, 0.5) is 9.18 Å². The summed E-state index contributed by atoms with van der Waals surface area (Å²) in [6.07, 6.45) is 5.99. The van der Waals surface area contributed by atoms with E-state index in [1.165, 1.54) is 17.0 Å². The molecule has 12 heteroatoms. The molecule has 2 amide bonds. The van der Waals surface area contributed by atoms with Gasteiger partial charge >= 0.3 is 12.1 Å². The van der Waals surface area contributed by atoms with Gasteiger partial charge in [-0.1, -0.05) is 31.1 Å². The fraction of sp³-hybridized carbons (Fsp3) is 0.576. The zero-order valence-electron chi connectivity index (χ0n) is 26.2. The number of carboxylic acid groups (broad SMARTS) is 1. The first-order valence-electron chi connectivity index (χ1n) is 15.6. The fourth-order valence-electron chi connectivity index (χ4n) is 6.31. The predicted octanol–water partition coefficient (Wildman–Crippen LogP) is 4.89. The number of nitrogens with one attached hydrogen (secondary N) is 1. The molecule has 0 unspecified atom stereocenters. The molecule has 1 aliphatic carbocycles. The number of benzene rings is 1. The number of Topliss-reactive ketones (excluding diaryl/α,β-unsaturated/α-hetero) is 1. The topological polar surface area (TPSA) is 148 Å². The normalized spacial score (nSPS) is 28.3. The molecule has 242 valence electrons. The van der Waals surface area contributed by atoms with Gasteiger partial charge in [0.25, 0.3) is 0 Å². The van der Waals surface area contributed by atoms with E-state index in [4.69, 9.17) is 9.47 Å². The molecule has 11 nitrogen and oxygen atoms in total. The molecule has 2 N–H and O–H groups in total. The maximum absolute atomic E-state index is 14.5. The Balaban J connectivity index is 1.45. The Bertz CT molecular complexity index is 1520. The number of para-hydroxylation sites is 1. The highest BCUT2D eigenvalue weighted by Gasteiger charge is 2.61. The number of ketones is 1. The van der Waals surface area contributed by atoms with Crippen molar-refractivity contribution in [2.24, 2.45) is 11.3 Å². The summed E-state index contributed by atoms with van der Waals surface area (Å²) in [5, 5.41) is 12.8. The SMILES string of the molecule is Cc1nc2cccc(F)c2nc1O[C@@H]1C[C@H]2C(=O)C[C@]3(C(=O)O)C[C@H]3/C=C\CCCCC[C@H](NC(=O)OC(C)(C)C)C(=O)N2C1. The third-order valence-electron chi connectivity index (χ3n) is 8.74. The number of rotatable bonds is 4. The standard InChI is InChI=1S/C33H41FN4O7/c1-19-28(37-27-22(34)12-10-14-23(27)35-19)44-21-15-25-26(39)17-33(30(41)42)16-20(33)11-8-6-5-7-9-13-24(29(40)38(25)18-21)36-31(43)45-32(2,3)4/h8,10-12,14,20-21,24-25H,5-7,9,13,15-18H2,1-4H3,(H,36,43)(H,41,42)/b11-8-/t20-,21-,24+,25+,33-/m1/s1. The van der Waals surface area contributed by atoms with Crippen molar-refractivity contribution in [1.29, 1.82) is 0 Å². The number of carboxylic acids is 1. The molecule has 1 aromatic heterocycles. The van der Waals surface area contributed by atoms with Crippen molar-refractivity contribution in [3.63, 3.8) is 0 Å². The minimum absolute atomic E-state index is 0.0123. The molecular weight excluding hydrogens is 583 g/mol. The van der Waals surface area contributed by atoms with Crippen molar-refractivity contribution >= 4 is 34.8 Å². The molecule has 0 bridgehead atoms. The van der Waals surface area contributed by atoms with Crippen LogP contribution >= 0.6 is 0 Å². The number of aryl methyl sites for hydroxylation is 1. The van der Waals surface area contributed by atoms with Gasteiger partial charge in [-0.25, -0.2) is 19.2 Å². The molecule has 5 atom stereocenters. The number of hydrogen-bond acceptors (Lipinski definition) is 8. The monoisotopic (exact) mass is 624 g/mol. The molecule has 2 aliphatic heterocycles. The van der Waals surface area contributed by atoms with Crippen LogP contribution in [0.2, 0.25) is 0 Å². The third-order valence-corrected chi connectivity index (χ3v) is 8.74. The maximum atomic E-state index is 14.5. The van der Waals surface area contributed by atoms with E-state index < -0.39 is 53.0 Å². The molecule has 1 saturated heterocycles. The Labute approximate surface area is 261 Å². The summed E-state index contributed by atoms with van der Waals surface area (Å²) in [6, 6.07) is 2.51. The fourth-order valence-corrected chi connectivity index (χ4v) is 6.31. The number of aliphatic carboxylic acids is 1. The van der Waals surface area contributed by atoms with E-state index in [1.54, 1.807) is 33.8 Å². The van der Waals surface area contributed by atoms with Gasteiger partial charge in [-0.3, -0.25) is 14.4 Å². The lowest BCUT2D eigenvalue weighted by molar-refractivity contribution is -0.147. The van der Waals surface area contributed by atoms with Crippen LogP contribution < -0.4 is 10.1 Å². The van der Waals surface area contributed by atoms with Crippen molar-refractivity contribution in [1.82, 2.24) is 20.2 Å². The Hall–Kier alpha value is -4.09. The largest absolute Gasteiger partial charge is 0.481 e. The predicted molar refractivity (Wildman–Crippen MR) is 162 cm³/mol. The summed E-state index contributed by atoms with van der Waals surface area (Å²) in [7, 11) is 0. The van der Waals surface area contributed by atoms with Gasteiger partial charge in [0.05, 0.1) is 23.5 Å². The van der Waals surface area contributed by atoms with E-state index in [9.17, 15) is 28.7 Å². The summed E-state index contributed by atoms with van der Waals surface area (Å²) in [6.45, 7) is 6.84. The van der Waals surface area contributed by atoms with Crippen LogP contribution in [0.1, 0.15) is 77.8 Å². The van der Waals surface area contributed by atoms with Gasteiger partial charge in [0.15, 0.2) is 11.6 Å². The summed E-state index contributed by atoms with van der Waals surface area (Å²) >= 11 is 0. The molecule has 3 heterocycles. The van der Waals surface area contributed by atoms with Gasteiger partial charge in [0.2, 0.25) is 11.8 Å². The molecule has 45 heavy (non-hydrogen) atoms. The van der Waals surface area contributed by atoms with Crippen LogP contribution in [0.5, 0.6) is 5.88 Å². The number of carbonyl (C=O) groups is 4. The smallest absolute Gasteiger partial charge is 0.408 e. The summed E-state index contributed by atoms with van der Waals surface area (Å²) < 4.78 is 26.1. The average Bonchev–Trinajstić information content (AvgIpc) is 3.48. The number of hydrogen-bond donors (Lipinski definition) is 2. The lowest BCUT2D eigenvalue weighted by Gasteiger charge is -2.30. The second-order valence-corrected chi connectivity index (χ2v) is 13.4. The van der Waals surface area contributed by atoms with Crippen LogP contribution in [0.3, 0.4) is 0 Å². The van der Waals surface area contributed by atoms with Gasteiger partial charge in [-0.15, -0.1) is 0 Å². The van der Waals surface area contributed by atoms with E-state index in [2.05, 4.69) is 15.3 Å². The Morgan fingerprint density at radius 1 is 1.16 bits per heavy atom. The van der Waals surface area contributed by atoms with Gasteiger partial charge < -0.3 is 24.8 Å².